The smallest absolute Gasteiger partial charge is 0.252 e. The van der Waals surface area contributed by atoms with Gasteiger partial charge in [-0.3, -0.25) is 9.59 Å². The number of nitrogens with zero attached hydrogens (tertiary/aromatic N) is 4. The SMILES string of the molecule is CN1Cc2c(Cl)cc(Cl)cc2C(c2cccc(/C(=C/NCCOCCOCCOCCOCCOCCNC(=O)[C@H](O)[C@@H](O)C(=O)NCCOCCOCCOCCOCCOCCN/C=C(\N=N)c3cccc([C@@H]4CN(C)Cc5c(Cl)cc(Cl)cc54)c3)N=N)c2)C1. The highest BCUT2D eigenvalue weighted by Crippen LogP contribution is 2.41. The molecule has 1 unspecified atom stereocenters. The van der Waals surface area contributed by atoms with Crippen molar-refractivity contribution < 1.29 is 67.2 Å². The van der Waals surface area contributed by atoms with Crippen LogP contribution in [0.15, 0.2) is 95.4 Å². The van der Waals surface area contributed by atoms with Gasteiger partial charge in [-0.1, -0.05) is 82.8 Å². The predicted molar refractivity (Wildman–Crippen MR) is 351 cm³/mol. The second-order valence-electron chi connectivity index (χ2n) is 21.4. The molecule has 2 aliphatic rings. The van der Waals surface area contributed by atoms with Gasteiger partial charge in [-0.05, 0) is 83.9 Å². The number of likely N-dealkylation sites (N-methyl/N-ethyl adjacent to an activating group) is 2. The van der Waals surface area contributed by atoms with Crippen LogP contribution >= 0.6 is 46.4 Å². The zero-order valence-electron chi connectivity index (χ0n) is 52.3. The highest BCUT2D eigenvalue weighted by molar-refractivity contribution is 6.35. The summed E-state index contributed by atoms with van der Waals surface area (Å²) in [5.41, 5.74) is 24.8. The van der Waals surface area contributed by atoms with Crippen LogP contribution < -0.4 is 21.3 Å². The van der Waals surface area contributed by atoms with Crippen LogP contribution in [0.3, 0.4) is 0 Å². The lowest BCUT2D eigenvalue weighted by molar-refractivity contribution is -0.146. The van der Waals surface area contributed by atoms with E-state index >= 15 is 0 Å². The number of benzene rings is 4. The minimum absolute atomic E-state index is 0.0400. The first-order valence-electron chi connectivity index (χ1n) is 30.6. The highest BCUT2D eigenvalue weighted by atomic mass is 35.5. The normalized spacial score (nSPS) is 16.0. The molecule has 0 spiro atoms. The maximum Gasteiger partial charge on any atom is 0.252 e. The molecule has 0 radical (unpaired) electrons. The standard InChI is InChI=1S/C64H88Cl4N10O14/c1-77-41-53(51-35-49(65)37-57(67)55(51)43-77)45-5-3-7-47(33-45)59(75-69)39-71-9-13-83-17-21-87-25-29-91-31-27-89-23-19-85-15-11-73-63(81)61(79)62(80)64(82)74-12-16-86-20-24-90-28-32-92-30-26-88-22-18-84-14-10-72-40-60(76-70)48-8-4-6-46(34-48)54-42-78(2)44-56-52(54)36-50(66)38-58(56)68/h3-8,33-40,53-54,61-62,69-72,79-80H,9-32,41-44H2,1-2H3,(H,73,81)(H,74,82)/b59-39-,60-40-,75-69?,76-70?/t53-,54?,61+,62+/m0/s1. The van der Waals surface area contributed by atoms with E-state index in [1.165, 1.54) is 0 Å². The van der Waals surface area contributed by atoms with Crippen LogP contribution in [0.5, 0.6) is 0 Å². The quantitative estimate of drug-likeness (QED) is 0.0161. The molecular weight excluding hydrogens is 1270 g/mol. The largest absolute Gasteiger partial charge is 0.387 e. The van der Waals surface area contributed by atoms with Gasteiger partial charge >= 0.3 is 0 Å². The third-order valence-corrected chi connectivity index (χ3v) is 15.7. The molecule has 0 saturated heterocycles. The minimum Gasteiger partial charge on any atom is -0.387 e. The van der Waals surface area contributed by atoms with Crippen LogP contribution in [0.4, 0.5) is 0 Å². The van der Waals surface area contributed by atoms with Crippen LogP contribution in [0.25, 0.3) is 11.4 Å². The van der Waals surface area contributed by atoms with Gasteiger partial charge in [-0.15, -0.1) is 0 Å². The summed E-state index contributed by atoms with van der Waals surface area (Å²) >= 11 is 25.9. The number of hydrogen-bond acceptors (Lipinski definition) is 22. The molecule has 506 valence electrons. The van der Waals surface area contributed by atoms with Crippen molar-refractivity contribution in [2.24, 2.45) is 10.2 Å². The van der Waals surface area contributed by atoms with Crippen molar-refractivity contribution in [3.05, 3.63) is 150 Å². The predicted octanol–water partition coefficient (Wildman–Crippen LogP) is 7.11. The molecule has 92 heavy (non-hydrogen) atoms. The van der Waals surface area contributed by atoms with Gasteiger partial charge < -0.3 is 88.6 Å². The Morgan fingerprint density at radius 3 is 1.11 bits per heavy atom. The Morgan fingerprint density at radius 1 is 0.489 bits per heavy atom. The average Bonchev–Trinajstić information content (AvgIpc) is 0.811. The van der Waals surface area contributed by atoms with Crippen molar-refractivity contribution in [3.8, 4) is 0 Å². The van der Waals surface area contributed by atoms with Crippen molar-refractivity contribution in [3.63, 3.8) is 0 Å². The van der Waals surface area contributed by atoms with Crippen LogP contribution in [-0.2, 0) is 70.0 Å². The molecular formula is C64H88Cl4N10O14. The molecule has 6 rings (SSSR count). The fraction of sp³-hybridized carbons (Fsp3) is 0.531. The van der Waals surface area contributed by atoms with E-state index in [0.717, 1.165) is 70.7 Å². The fourth-order valence-corrected chi connectivity index (χ4v) is 11.1. The molecule has 0 aromatic heterocycles. The van der Waals surface area contributed by atoms with E-state index in [1.54, 1.807) is 24.5 Å². The summed E-state index contributed by atoms with van der Waals surface area (Å²) in [7, 11) is 4.14. The van der Waals surface area contributed by atoms with Gasteiger partial charge in [0.25, 0.3) is 11.8 Å². The van der Waals surface area contributed by atoms with Crippen LogP contribution in [0.2, 0.25) is 20.1 Å². The number of ether oxygens (including phenoxy) is 10. The topological polar surface area (TPSA) is 294 Å². The lowest BCUT2D eigenvalue weighted by Gasteiger charge is -2.33. The number of hydrogen-bond donors (Lipinski definition) is 8. The summed E-state index contributed by atoms with van der Waals surface area (Å²) in [6, 6.07) is 23.6. The summed E-state index contributed by atoms with van der Waals surface area (Å²) in [5, 5.41) is 41.6. The Balaban J connectivity index is 0.648. The van der Waals surface area contributed by atoms with Gasteiger partial charge in [0.2, 0.25) is 0 Å². The summed E-state index contributed by atoms with van der Waals surface area (Å²) in [6.45, 7) is 11.1. The summed E-state index contributed by atoms with van der Waals surface area (Å²) < 4.78 is 55.4. The second kappa shape index (κ2) is 43.6. The monoisotopic (exact) mass is 1360 g/mol. The molecule has 28 heteroatoms. The van der Waals surface area contributed by atoms with Crippen molar-refractivity contribution in [2.75, 3.05) is 186 Å². The van der Waals surface area contributed by atoms with Gasteiger partial charge in [0.1, 0.15) is 11.4 Å². The van der Waals surface area contributed by atoms with E-state index in [0.29, 0.717) is 150 Å². The van der Waals surface area contributed by atoms with E-state index < -0.39 is 24.0 Å². The van der Waals surface area contributed by atoms with E-state index in [1.807, 2.05) is 36.4 Å². The van der Waals surface area contributed by atoms with Crippen molar-refractivity contribution in [1.29, 1.82) is 11.1 Å². The second-order valence-corrected chi connectivity index (χ2v) is 23.1. The Bertz CT molecular complexity index is 2760. The molecule has 4 aromatic carbocycles. The number of halogens is 4. The number of carbonyl (C=O) groups excluding carboxylic acids is 2. The van der Waals surface area contributed by atoms with Crippen molar-refractivity contribution in [2.45, 2.75) is 37.1 Å². The molecule has 4 aromatic rings. The lowest BCUT2D eigenvalue weighted by atomic mass is 9.84. The van der Waals surface area contributed by atoms with Crippen LogP contribution in [0.1, 0.15) is 56.3 Å². The zero-order valence-corrected chi connectivity index (χ0v) is 55.3. The third-order valence-electron chi connectivity index (χ3n) is 14.6. The Labute approximate surface area is 558 Å². The first-order valence-corrected chi connectivity index (χ1v) is 32.1. The first kappa shape index (κ1) is 75.7. The molecule has 0 bridgehead atoms. The number of nitrogens with one attached hydrogen (secondary N) is 6. The summed E-state index contributed by atoms with van der Waals surface area (Å²) in [4.78, 5) is 29.1. The molecule has 24 nitrogen and oxygen atoms in total. The average molecular weight is 1360 g/mol. The van der Waals surface area contributed by atoms with Gasteiger partial charge in [-0.2, -0.15) is 10.2 Å². The Hall–Kier alpha value is -5.30. The summed E-state index contributed by atoms with van der Waals surface area (Å²) in [6.07, 6.45) is -0.525. The van der Waals surface area contributed by atoms with Crippen molar-refractivity contribution >= 4 is 69.6 Å². The Kier molecular flexibility index (Phi) is 35.9. The maximum atomic E-state index is 12.3. The molecule has 0 aliphatic carbocycles. The van der Waals surface area contributed by atoms with Gasteiger partial charge in [0.05, 0.1) is 132 Å². The van der Waals surface area contributed by atoms with E-state index in [-0.39, 0.29) is 51.4 Å². The molecule has 4 atom stereocenters. The lowest BCUT2D eigenvalue weighted by Crippen LogP contribution is -2.50. The fourth-order valence-electron chi connectivity index (χ4n) is 10.0. The van der Waals surface area contributed by atoms with Crippen molar-refractivity contribution in [1.82, 2.24) is 31.1 Å². The number of amides is 2. The van der Waals surface area contributed by atoms with Gasteiger partial charge in [0, 0.05) is 108 Å². The molecule has 2 amide bonds. The minimum atomic E-state index is -1.98. The number of aliphatic hydroxyl groups is 2. The summed E-state index contributed by atoms with van der Waals surface area (Å²) in [5.74, 6) is -1.70. The van der Waals surface area contributed by atoms with Gasteiger partial charge in [0.15, 0.2) is 12.2 Å². The third kappa shape index (κ3) is 26.8. The first-order chi connectivity index (χ1) is 44.8. The number of fused-ring (bicyclic) bond motifs is 2. The molecule has 2 heterocycles. The molecule has 2 aliphatic heterocycles. The maximum absolute atomic E-state index is 12.3. The van der Waals surface area contributed by atoms with E-state index in [9.17, 15) is 19.8 Å². The highest BCUT2D eigenvalue weighted by Gasteiger charge is 2.31. The zero-order chi connectivity index (χ0) is 65.7. The van der Waals surface area contributed by atoms with Gasteiger partial charge in [-0.25, -0.2) is 11.1 Å². The van der Waals surface area contributed by atoms with E-state index in [4.69, 9.17) is 105 Å². The van der Waals surface area contributed by atoms with Crippen LogP contribution in [-0.4, -0.2) is 230 Å². The number of rotatable bonds is 47. The molecule has 0 saturated carbocycles. The number of carbonyl (C=O) groups is 2. The Morgan fingerprint density at radius 2 is 0.793 bits per heavy atom. The molecule has 0 fully saturated rings. The molecule has 8 N–H and O–H groups in total. The van der Waals surface area contributed by atoms with Crippen LogP contribution in [0, 0.1) is 11.1 Å². The number of aliphatic hydroxyl groups excluding tert-OH is 2. The van der Waals surface area contributed by atoms with E-state index in [2.05, 4.69) is 79.7 Å².